The first-order valence-corrected chi connectivity index (χ1v) is 14.7. The van der Waals surface area contributed by atoms with Crippen molar-refractivity contribution < 1.29 is 13.6 Å². The molecule has 44 heavy (non-hydrogen) atoms. The molecule has 1 aliphatic heterocycles. The second-order valence-electron chi connectivity index (χ2n) is 10.5. The Morgan fingerprint density at radius 2 is 2.05 bits per heavy atom. The number of aromatic nitrogens is 8. The van der Waals surface area contributed by atoms with E-state index in [2.05, 4.69) is 30.7 Å². The summed E-state index contributed by atoms with van der Waals surface area (Å²) in [6.07, 6.45) is 13.0. The van der Waals surface area contributed by atoms with Gasteiger partial charge >= 0.3 is 6.55 Å². The standard InChI is InChI=1S/C29H29Cl2F2N9O2/c1-17-4-3-5-24(22-12-19(10-11-34-22)27-23(37-28(17)44)14-36-42(27)29(32)33)40-16-35-21(13-26(40)43)9-8-20(30)7-6-18(2)41-15-25(31)38-39-41/h6-8,10-18,24,29H,3-5,9H2,1-2H3,(H,37,44)/b7-6-,20-8+/t17-,18?,24+/m1/s1. The fourth-order valence-electron chi connectivity index (χ4n) is 4.94. The first-order valence-electron chi connectivity index (χ1n) is 13.9. The molecule has 0 saturated heterocycles. The highest BCUT2D eigenvalue weighted by Crippen LogP contribution is 2.34. The molecular weight excluding hydrogens is 615 g/mol. The maximum Gasteiger partial charge on any atom is 0.333 e. The number of halogens is 4. The van der Waals surface area contributed by atoms with Crippen LogP contribution in [-0.2, 0) is 11.2 Å². The Balaban J connectivity index is 1.41. The lowest BCUT2D eigenvalue weighted by Crippen LogP contribution is -2.27. The van der Waals surface area contributed by atoms with Gasteiger partial charge in [-0.1, -0.05) is 53.9 Å². The summed E-state index contributed by atoms with van der Waals surface area (Å²) in [6, 6.07) is 3.98. The molecule has 3 atom stereocenters. The lowest BCUT2D eigenvalue weighted by atomic mass is 9.97. The first-order chi connectivity index (χ1) is 21.1. The van der Waals surface area contributed by atoms with Gasteiger partial charge in [0.05, 0.1) is 53.6 Å². The van der Waals surface area contributed by atoms with E-state index in [1.807, 2.05) is 13.0 Å². The molecule has 0 radical (unpaired) electrons. The van der Waals surface area contributed by atoms with Crippen molar-refractivity contribution in [2.75, 3.05) is 5.32 Å². The number of allylic oxidation sites excluding steroid dienone is 4. The minimum atomic E-state index is -2.93. The van der Waals surface area contributed by atoms with Crippen LogP contribution in [0.2, 0.25) is 5.15 Å². The average Bonchev–Trinajstić information content (AvgIpc) is 3.63. The minimum Gasteiger partial charge on any atom is -0.323 e. The summed E-state index contributed by atoms with van der Waals surface area (Å²) < 4.78 is 31.4. The van der Waals surface area contributed by atoms with E-state index >= 15 is 0 Å². The van der Waals surface area contributed by atoms with Crippen molar-refractivity contribution in [1.82, 2.24) is 39.3 Å². The summed E-state index contributed by atoms with van der Waals surface area (Å²) in [6.45, 7) is 0.746. The zero-order valence-electron chi connectivity index (χ0n) is 23.8. The molecular formula is C29H29Cl2F2N9O2. The molecule has 2 bridgehead atoms. The summed E-state index contributed by atoms with van der Waals surface area (Å²) in [4.78, 5) is 35.2. The van der Waals surface area contributed by atoms with Crippen molar-refractivity contribution in [2.24, 2.45) is 5.92 Å². The maximum absolute atomic E-state index is 13.9. The number of carbonyl (C=O) groups is 1. The van der Waals surface area contributed by atoms with E-state index in [4.69, 9.17) is 23.2 Å². The molecule has 11 nitrogen and oxygen atoms in total. The van der Waals surface area contributed by atoms with Crippen LogP contribution in [0.15, 0.2) is 71.2 Å². The van der Waals surface area contributed by atoms with Crippen molar-refractivity contribution in [2.45, 2.75) is 58.2 Å². The normalized spacial score (nSPS) is 18.5. The van der Waals surface area contributed by atoms with Gasteiger partial charge in [-0.3, -0.25) is 19.1 Å². The highest BCUT2D eigenvalue weighted by atomic mass is 35.5. The van der Waals surface area contributed by atoms with Crippen molar-refractivity contribution >= 4 is 34.8 Å². The predicted octanol–water partition coefficient (Wildman–Crippen LogP) is 5.97. The molecule has 0 fully saturated rings. The van der Waals surface area contributed by atoms with Gasteiger partial charge in [-0.25, -0.2) is 14.3 Å². The number of nitrogens with zero attached hydrogens (tertiary/aromatic N) is 8. The number of anilines is 1. The molecule has 1 unspecified atom stereocenters. The van der Waals surface area contributed by atoms with Crippen LogP contribution in [0.3, 0.4) is 0 Å². The van der Waals surface area contributed by atoms with Gasteiger partial charge in [-0.15, -0.1) is 5.10 Å². The van der Waals surface area contributed by atoms with Gasteiger partial charge in [0.2, 0.25) is 5.91 Å². The molecule has 4 aromatic heterocycles. The van der Waals surface area contributed by atoms with Crippen LogP contribution in [0.1, 0.15) is 63.1 Å². The molecule has 5 rings (SSSR count). The van der Waals surface area contributed by atoms with Gasteiger partial charge in [0.1, 0.15) is 0 Å². The maximum atomic E-state index is 13.9. The van der Waals surface area contributed by atoms with Gasteiger partial charge in [0, 0.05) is 35.2 Å². The van der Waals surface area contributed by atoms with Gasteiger partial charge < -0.3 is 5.32 Å². The monoisotopic (exact) mass is 643 g/mol. The number of carbonyl (C=O) groups excluding carboxylic acids is 1. The average molecular weight is 645 g/mol. The Hall–Kier alpha value is -4.23. The highest BCUT2D eigenvalue weighted by molar-refractivity contribution is 6.31. The summed E-state index contributed by atoms with van der Waals surface area (Å²) >= 11 is 12.2. The quantitative estimate of drug-likeness (QED) is 0.246. The molecule has 0 aliphatic carbocycles. The minimum absolute atomic E-state index is 0.0570. The molecule has 1 N–H and O–H groups in total. The number of hydrogen-bond donors (Lipinski definition) is 1. The van der Waals surface area contributed by atoms with E-state index in [1.165, 1.54) is 29.4 Å². The largest absolute Gasteiger partial charge is 0.333 e. The van der Waals surface area contributed by atoms with E-state index in [-0.39, 0.29) is 28.9 Å². The SMILES string of the molecule is CC(/C=C\C(Cl)=C/Cc1cc(=O)n([C@H]2CCC[C@@H](C)C(=O)Nc3cnn(C(F)F)c3-c3ccnc2c3)cn1)n1cc(Cl)nn1. The fourth-order valence-corrected chi connectivity index (χ4v) is 5.22. The lowest BCUT2D eigenvalue weighted by molar-refractivity contribution is -0.119. The number of amides is 1. The van der Waals surface area contributed by atoms with Crippen LogP contribution in [0.4, 0.5) is 14.5 Å². The third-order valence-electron chi connectivity index (χ3n) is 7.36. The lowest BCUT2D eigenvalue weighted by Gasteiger charge is -2.22. The summed E-state index contributed by atoms with van der Waals surface area (Å²) in [7, 11) is 0. The van der Waals surface area contributed by atoms with Crippen molar-refractivity contribution in [3.8, 4) is 11.3 Å². The Bertz CT molecular complexity index is 1770. The third kappa shape index (κ3) is 7.11. The molecule has 0 aromatic carbocycles. The zero-order valence-corrected chi connectivity index (χ0v) is 25.3. The molecule has 5 heterocycles. The molecule has 1 aliphatic rings. The molecule has 4 aromatic rings. The summed E-state index contributed by atoms with van der Waals surface area (Å²) in [5.74, 6) is -0.697. The van der Waals surface area contributed by atoms with Gasteiger partial charge in [0.25, 0.3) is 5.56 Å². The fraction of sp³-hybridized carbons (Fsp3) is 0.345. The van der Waals surface area contributed by atoms with E-state index in [0.29, 0.717) is 57.5 Å². The van der Waals surface area contributed by atoms with Crippen molar-refractivity contribution in [1.29, 1.82) is 0 Å². The molecule has 0 saturated carbocycles. The summed E-state index contributed by atoms with van der Waals surface area (Å²) in [5.41, 5.74) is 1.33. The second-order valence-corrected chi connectivity index (χ2v) is 11.3. The first kappa shape index (κ1) is 31.2. The predicted molar refractivity (Wildman–Crippen MR) is 162 cm³/mol. The van der Waals surface area contributed by atoms with Crippen LogP contribution in [0, 0.1) is 5.92 Å². The van der Waals surface area contributed by atoms with E-state index in [9.17, 15) is 18.4 Å². The topological polar surface area (TPSA) is 125 Å². The molecule has 230 valence electrons. The van der Waals surface area contributed by atoms with Gasteiger partial charge in [-0.2, -0.15) is 13.9 Å². The van der Waals surface area contributed by atoms with Crippen LogP contribution in [0.25, 0.3) is 11.3 Å². The second kappa shape index (κ2) is 13.6. The Morgan fingerprint density at radius 1 is 1.23 bits per heavy atom. The van der Waals surface area contributed by atoms with Crippen LogP contribution >= 0.6 is 23.2 Å². The number of alkyl halides is 2. The smallest absolute Gasteiger partial charge is 0.323 e. The number of fused-ring (bicyclic) bond motifs is 4. The van der Waals surface area contributed by atoms with Crippen LogP contribution in [-0.4, -0.2) is 45.2 Å². The third-order valence-corrected chi connectivity index (χ3v) is 7.82. The number of rotatable bonds is 7. The van der Waals surface area contributed by atoms with E-state index < -0.39 is 18.5 Å². The van der Waals surface area contributed by atoms with Crippen LogP contribution < -0.4 is 10.9 Å². The number of nitrogens with one attached hydrogen (secondary N) is 1. The zero-order chi connectivity index (χ0) is 31.4. The van der Waals surface area contributed by atoms with E-state index in [1.54, 1.807) is 42.1 Å². The van der Waals surface area contributed by atoms with Gasteiger partial charge in [-0.05, 0) is 38.0 Å². The number of hydrogen-bond acceptors (Lipinski definition) is 7. The Labute approximate surface area is 261 Å². The van der Waals surface area contributed by atoms with Crippen LogP contribution in [0.5, 0.6) is 0 Å². The summed E-state index contributed by atoms with van der Waals surface area (Å²) in [5, 5.41) is 15.0. The van der Waals surface area contributed by atoms with E-state index in [0.717, 1.165) is 0 Å². The Kier molecular flexibility index (Phi) is 9.64. The van der Waals surface area contributed by atoms with Crippen molar-refractivity contribution in [3.05, 3.63) is 93.3 Å². The Morgan fingerprint density at radius 3 is 2.77 bits per heavy atom. The molecule has 1 amide bonds. The number of pyridine rings is 1. The molecule has 15 heteroatoms. The van der Waals surface area contributed by atoms with Crippen molar-refractivity contribution in [3.63, 3.8) is 0 Å². The highest BCUT2D eigenvalue weighted by Gasteiger charge is 2.26. The van der Waals surface area contributed by atoms with Gasteiger partial charge in [0.15, 0.2) is 5.15 Å². The molecule has 0 spiro atoms.